The second-order valence-corrected chi connectivity index (χ2v) is 10.1. The minimum absolute atomic E-state index is 0.112. The Morgan fingerprint density at radius 3 is 2.53 bits per heavy atom. The topological polar surface area (TPSA) is 126 Å². The van der Waals surface area contributed by atoms with E-state index in [1.807, 2.05) is 13.8 Å². The molecule has 36 heavy (non-hydrogen) atoms. The monoisotopic (exact) mass is 513 g/mol. The maximum absolute atomic E-state index is 13.4. The normalized spacial score (nSPS) is 12.6. The molecule has 0 radical (unpaired) electrons. The lowest BCUT2D eigenvalue weighted by atomic mass is 10.2. The van der Waals surface area contributed by atoms with Crippen LogP contribution in [0.4, 0.5) is 4.79 Å². The smallest absolute Gasteiger partial charge is 0.429 e. The fraction of sp³-hybridized carbons (Fsp3) is 0.333. The highest BCUT2D eigenvalue weighted by molar-refractivity contribution is 7.90. The van der Waals surface area contributed by atoms with Crippen molar-refractivity contribution < 1.29 is 27.5 Å². The number of esters is 1. The van der Waals surface area contributed by atoms with Gasteiger partial charge in [0.15, 0.2) is 11.7 Å². The van der Waals surface area contributed by atoms with E-state index in [0.717, 1.165) is 21.0 Å². The van der Waals surface area contributed by atoms with Crippen LogP contribution in [0.3, 0.4) is 0 Å². The molecule has 0 aliphatic rings. The van der Waals surface area contributed by atoms with E-state index in [0.29, 0.717) is 22.8 Å². The van der Waals surface area contributed by atoms with Crippen molar-refractivity contribution in [3.8, 4) is 0 Å². The van der Waals surface area contributed by atoms with Gasteiger partial charge < -0.3 is 9.47 Å². The van der Waals surface area contributed by atoms with E-state index in [1.54, 1.807) is 18.2 Å². The highest BCUT2D eigenvalue weighted by Crippen LogP contribution is 2.28. The fourth-order valence-electron chi connectivity index (χ4n) is 3.80. The third-order valence-electron chi connectivity index (χ3n) is 5.80. The Hall–Kier alpha value is -3.93. The number of unbranched alkanes of at least 4 members (excludes halogenated alkanes) is 1. The fourth-order valence-corrected chi connectivity index (χ4v) is 5.10. The van der Waals surface area contributed by atoms with Gasteiger partial charge in [0.2, 0.25) is 0 Å². The first kappa shape index (κ1) is 25.2. The molecule has 11 nitrogen and oxygen atoms in total. The van der Waals surface area contributed by atoms with E-state index in [9.17, 15) is 18.0 Å². The number of nitrogens with zero attached hydrogens (tertiary/aromatic N) is 5. The molecule has 3 heterocycles. The van der Waals surface area contributed by atoms with Crippen LogP contribution in [-0.4, -0.2) is 58.9 Å². The van der Waals surface area contributed by atoms with Crippen LogP contribution in [0.25, 0.3) is 22.1 Å². The summed E-state index contributed by atoms with van der Waals surface area (Å²) in [5.74, 6) is -0.658. The summed E-state index contributed by atoms with van der Waals surface area (Å²) in [6.45, 7) is 5.51. The highest BCUT2D eigenvalue weighted by atomic mass is 32.2. The van der Waals surface area contributed by atoms with Gasteiger partial charge in [0.05, 0.1) is 24.8 Å². The van der Waals surface area contributed by atoms with Gasteiger partial charge in [0, 0.05) is 11.6 Å². The maximum atomic E-state index is 13.4. The van der Waals surface area contributed by atoms with E-state index in [2.05, 4.69) is 9.97 Å². The van der Waals surface area contributed by atoms with Crippen LogP contribution in [0.2, 0.25) is 0 Å². The summed E-state index contributed by atoms with van der Waals surface area (Å²) in [7, 11) is -2.72. The van der Waals surface area contributed by atoms with Gasteiger partial charge in [0.25, 0.3) is 10.0 Å². The summed E-state index contributed by atoms with van der Waals surface area (Å²) in [5.41, 5.74) is 1.87. The number of methoxy groups -OCH3 is 1. The molecule has 0 fully saturated rings. The van der Waals surface area contributed by atoms with Crippen LogP contribution >= 0.6 is 0 Å². The molecule has 0 saturated heterocycles. The van der Waals surface area contributed by atoms with E-state index in [-0.39, 0.29) is 17.1 Å². The molecule has 0 bridgehead atoms. The van der Waals surface area contributed by atoms with Crippen molar-refractivity contribution in [2.24, 2.45) is 0 Å². The largest absolute Gasteiger partial charge is 0.467 e. The number of aromatic nitrogens is 4. The number of rotatable bonds is 8. The van der Waals surface area contributed by atoms with Gasteiger partial charge in [-0.1, -0.05) is 31.0 Å². The molecule has 0 spiro atoms. The minimum atomic E-state index is -3.94. The predicted molar refractivity (Wildman–Crippen MR) is 133 cm³/mol. The van der Waals surface area contributed by atoms with Crippen LogP contribution in [0.15, 0.2) is 53.9 Å². The molecular weight excluding hydrogens is 486 g/mol. The Kier molecular flexibility index (Phi) is 6.97. The lowest BCUT2D eigenvalue weighted by molar-refractivity contribution is -0.142. The number of hydrogen-bond acceptors (Lipinski definition) is 8. The van der Waals surface area contributed by atoms with Crippen LogP contribution in [0.5, 0.6) is 0 Å². The molecule has 1 amide bonds. The third-order valence-corrected chi connectivity index (χ3v) is 7.48. The molecule has 4 rings (SSSR count). The standard InChI is InChI=1S/C24H27N5O6S/c1-5-6-13-35-24(31)29(17(3)23(30)34-4)27-15-26-20-14-25-22-19(21(20)27)11-12-28(22)36(32,33)18-9-7-16(2)8-10-18/h7-12,14-15,17H,5-6,13H2,1-4H3. The number of carbonyl (C=O) groups excluding carboxylic acids is 2. The van der Waals surface area contributed by atoms with Crippen LogP contribution < -0.4 is 5.01 Å². The summed E-state index contributed by atoms with van der Waals surface area (Å²) in [6.07, 6.45) is 4.89. The Morgan fingerprint density at radius 2 is 1.86 bits per heavy atom. The molecule has 0 N–H and O–H groups in total. The van der Waals surface area contributed by atoms with Gasteiger partial charge in [-0.2, -0.15) is 5.01 Å². The second-order valence-electron chi connectivity index (χ2n) is 8.26. The molecule has 0 aliphatic carbocycles. The van der Waals surface area contributed by atoms with Crippen molar-refractivity contribution in [3.05, 3.63) is 54.6 Å². The van der Waals surface area contributed by atoms with Crippen molar-refractivity contribution in [1.82, 2.24) is 18.6 Å². The van der Waals surface area contributed by atoms with Crippen molar-refractivity contribution in [2.45, 2.75) is 44.6 Å². The average molecular weight is 514 g/mol. The Balaban J connectivity index is 1.87. The zero-order valence-electron chi connectivity index (χ0n) is 20.4. The minimum Gasteiger partial charge on any atom is -0.467 e. The number of aryl methyl sites for hydroxylation is 1. The molecule has 1 aromatic carbocycles. The molecule has 1 atom stereocenters. The first-order valence-corrected chi connectivity index (χ1v) is 12.8. The Bertz CT molecular complexity index is 1520. The van der Waals surface area contributed by atoms with Gasteiger partial charge in [0.1, 0.15) is 17.4 Å². The van der Waals surface area contributed by atoms with E-state index in [1.165, 1.54) is 49.6 Å². The first-order chi connectivity index (χ1) is 17.2. The number of ether oxygens (including phenoxy) is 2. The number of pyridine rings is 1. The molecule has 190 valence electrons. The molecule has 12 heteroatoms. The number of carbonyl (C=O) groups is 2. The lowest BCUT2D eigenvalue weighted by Gasteiger charge is -2.27. The Morgan fingerprint density at radius 1 is 1.14 bits per heavy atom. The predicted octanol–water partition coefficient (Wildman–Crippen LogP) is 3.37. The molecule has 4 aromatic rings. The highest BCUT2D eigenvalue weighted by Gasteiger charge is 2.32. The summed E-state index contributed by atoms with van der Waals surface area (Å²) < 4.78 is 39.4. The van der Waals surface area contributed by atoms with Crippen molar-refractivity contribution in [3.63, 3.8) is 0 Å². The summed E-state index contributed by atoms with van der Waals surface area (Å²) in [6, 6.07) is 7.03. The van der Waals surface area contributed by atoms with Crippen molar-refractivity contribution in [1.29, 1.82) is 0 Å². The van der Waals surface area contributed by atoms with Gasteiger partial charge in [-0.05, 0) is 38.5 Å². The molecule has 0 aliphatic heterocycles. The van der Waals surface area contributed by atoms with Crippen LogP contribution in [0, 0.1) is 6.92 Å². The Labute approximate surface area is 208 Å². The second kappa shape index (κ2) is 9.97. The zero-order valence-corrected chi connectivity index (χ0v) is 21.2. The van der Waals surface area contributed by atoms with E-state index in [4.69, 9.17) is 9.47 Å². The summed E-state index contributed by atoms with van der Waals surface area (Å²) in [4.78, 5) is 34.2. The number of imidazole rings is 1. The zero-order chi connectivity index (χ0) is 26.0. The quantitative estimate of drug-likeness (QED) is 0.259. The first-order valence-electron chi connectivity index (χ1n) is 11.4. The molecule has 0 saturated carbocycles. The summed E-state index contributed by atoms with van der Waals surface area (Å²) in [5, 5.41) is 1.52. The molecule has 1 unspecified atom stereocenters. The number of amides is 1. The average Bonchev–Trinajstić information content (AvgIpc) is 3.49. The van der Waals surface area contributed by atoms with E-state index < -0.39 is 28.1 Å². The van der Waals surface area contributed by atoms with Gasteiger partial charge in [-0.3, -0.25) is 0 Å². The van der Waals surface area contributed by atoms with E-state index >= 15 is 0 Å². The number of fused-ring (bicyclic) bond motifs is 3. The summed E-state index contributed by atoms with van der Waals surface area (Å²) >= 11 is 0. The number of benzene rings is 1. The molecular formula is C24H27N5O6S. The van der Waals surface area contributed by atoms with Crippen molar-refractivity contribution in [2.75, 3.05) is 18.7 Å². The third kappa shape index (κ3) is 4.39. The lowest BCUT2D eigenvalue weighted by Crippen LogP contribution is -2.51. The van der Waals surface area contributed by atoms with Crippen LogP contribution in [-0.2, 0) is 24.3 Å². The van der Waals surface area contributed by atoms with Gasteiger partial charge in [-0.15, -0.1) is 0 Å². The SMILES string of the molecule is CCCCOC(=O)N(C(C)C(=O)OC)n1cnc2cnc3c(ccn3S(=O)(=O)c3ccc(C)cc3)c21. The maximum Gasteiger partial charge on any atom is 0.429 e. The van der Waals surface area contributed by atoms with Crippen molar-refractivity contribution >= 4 is 44.2 Å². The van der Waals surface area contributed by atoms with Gasteiger partial charge in [-0.25, -0.2) is 36.6 Å². The molecule has 3 aromatic heterocycles. The van der Waals surface area contributed by atoms with Crippen LogP contribution in [0.1, 0.15) is 32.3 Å². The number of hydrogen-bond donors (Lipinski definition) is 0. The van der Waals surface area contributed by atoms with Gasteiger partial charge >= 0.3 is 12.1 Å².